The molecule has 2 N–H and O–H groups in total. The molecule has 6 heteroatoms. The highest BCUT2D eigenvalue weighted by Gasteiger charge is 2.42. The van der Waals surface area contributed by atoms with Gasteiger partial charge in [0.15, 0.2) is 5.96 Å². The fourth-order valence-corrected chi connectivity index (χ4v) is 2.94. The maximum absolute atomic E-state index is 13.9. The van der Waals surface area contributed by atoms with Crippen molar-refractivity contribution in [1.82, 2.24) is 10.6 Å². The molecule has 3 rings (SSSR count). The molecule has 0 bridgehead atoms. The van der Waals surface area contributed by atoms with Crippen molar-refractivity contribution in [1.29, 1.82) is 0 Å². The lowest BCUT2D eigenvalue weighted by Crippen LogP contribution is -2.39. The molecule has 4 nitrogen and oxygen atoms in total. The molecule has 138 valence electrons. The van der Waals surface area contributed by atoms with Gasteiger partial charge in [0.2, 0.25) is 0 Å². The fraction of sp³-hybridized carbons (Fsp3) is 0.350. The molecule has 2 aromatic rings. The molecule has 2 unspecified atom stereocenters. The number of hydrogen-bond acceptors (Lipinski definition) is 2. The van der Waals surface area contributed by atoms with Crippen molar-refractivity contribution in [2.45, 2.75) is 31.8 Å². The summed E-state index contributed by atoms with van der Waals surface area (Å²) >= 11 is 0. The van der Waals surface area contributed by atoms with Crippen LogP contribution in [0.25, 0.3) is 0 Å². The van der Waals surface area contributed by atoms with E-state index in [1.807, 2.05) is 31.2 Å². The highest BCUT2D eigenvalue weighted by molar-refractivity contribution is 5.80. The number of nitrogens with zero attached hydrogens (tertiary/aromatic N) is 1. The topological polar surface area (TPSA) is 45.7 Å². The van der Waals surface area contributed by atoms with Crippen molar-refractivity contribution in [2.75, 3.05) is 13.7 Å². The van der Waals surface area contributed by atoms with Gasteiger partial charge < -0.3 is 15.4 Å². The summed E-state index contributed by atoms with van der Waals surface area (Å²) in [6.45, 7) is 3.19. The zero-order chi connectivity index (χ0) is 18.5. The first kappa shape index (κ1) is 18.2. The summed E-state index contributed by atoms with van der Waals surface area (Å²) < 4.78 is 33.0. The quantitative estimate of drug-likeness (QED) is 0.612. The minimum absolute atomic E-state index is 0.0185. The van der Waals surface area contributed by atoms with Gasteiger partial charge in [0.25, 0.3) is 0 Å². The number of methoxy groups -OCH3 is 1. The second-order valence-electron chi connectivity index (χ2n) is 6.27. The molecule has 2 aromatic carbocycles. The van der Waals surface area contributed by atoms with E-state index in [9.17, 15) is 8.78 Å². The molecule has 0 saturated heterocycles. The van der Waals surface area contributed by atoms with Crippen LogP contribution in [0.15, 0.2) is 47.5 Å². The summed E-state index contributed by atoms with van der Waals surface area (Å²) in [5.41, 5.74) is 1.21. The number of halogens is 2. The van der Waals surface area contributed by atoms with E-state index in [0.29, 0.717) is 25.5 Å². The molecule has 26 heavy (non-hydrogen) atoms. The summed E-state index contributed by atoms with van der Waals surface area (Å²) in [5.74, 6) is 0.308. The van der Waals surface area contributed by atoms with Crippen LogP contribution in [0.1, 0.15) is 30.4 Å². The third-order valence-corrected chi connectivity index (χ3v) is 4.41. The van der Waals surface area contributed by atoms with E-state index in [0.717, 1.165) is 11.3 Å². The highest BCUT2D eigenvalue weighted by Crippen LogP contribution is 2.43. The minimum atomic E-state index is -0.487. The van der Waals surface area contributed by atoms with Gasteiger partial charge in [0.05, 0.1) is 13.7 Å². The lowest BCUT2D eigenvalue weighted by atomic mass is 10.1. The largest absolute Gasteiger partial charge is 0.497 e. The number of hydrogen-bond donors (Lipinski definition) is 2. The summed E-state index contributed by atoms with van der Waals surface area (Å²) in [6, 6.07) is 11.7. The summed E-state index contributed by atoms with van der Waals surface area (Å²) in [5, 5.41) is 6.44. The predicted molar refractivity (Wildman–Crippen MR) is 98.4 cm³/mol. The van der Waals surface area contributed by atoms with Crippen LogP contribution in [0.3, 0.4) is 0 Å². The van der Waals surface area contributed by atoms with Crippen LogP contribution in [0.5, 0.6) is 5.75 Å². The smallest absolute Gasteiger partial charge is 0.191 e. The SMILES string of the molecule is CCNC(=NCc1ccc(OC)cc1)NC1CC1c1c(F)cccc1F. The van der Waals surface area contributed by atoms with Gasteiger partial charge in [-0.05, 0) is 43.2 Å². The number of benzene rings is 2. The van der Waals surface area contributed by atoms with Crippen LogP contribution in [-0.4, -0.2) is 25.7 Å². The van der Waals surface area contributed by atoms with Gasteiger partial charge in [-0.15, -0.1) is 0 Å². The van der Waals surface area contributed by atoms with E-state index in [2.05, 4.69) is 15.6 Å². The second kappa shape index (κ2) is 8.17. The van der Waals surface area contributed by atoms with E-state index >= 15 is 0 Å². The zero-order valence-corrected chi connectivity index (χ0v) is 14.9. The standard InChI is InChI=1S/C20H23F2N3O/c1-3-23-20(24-12-13-7-9-14(26-2)10-8-13)25-18-11-15(18)19-16(21)5-4-6-17(19)22/h4-10,15,18H,3,11-12H2,1-2H3,(H2,23,24,25). The van der Waals surface area contributed by atoms with E-state index in [1.54, 1.807) is 7.11 Å². The average Bonchev–Trinajstić information content (AvgIpc) is 3.39. The van der Waals surface area contributed by atoms with Crippen molar-refractivity contribution in [3.8, 4) is 5.75 Å². The number of guanidine groups is 1. The molecule has 2 atom stereocenters. The molecule has 0 aromatic heterocycles. The summed E-state index contributed by atoms with van der Waals surface area (Å²) in [7, 11) is 1.63. The monoisotopic (exact) mass is 359 g/mol. The number of rotatable bonds is 6. The lowest BCUT2D eigenvalue weighted by Gasteiger charge is -2.12. The summed E-state index contributed by atoms with van der Waals surface area (Å²) in [4.78, 5) is 4.56. The predicted octanol–water partition coefficient (Wildman–Crippen LogP) is 3.58. The van der Waals surface area contributed by atoms with Crippen LogP contribution in [0.2, 0.25) is 0 Å². The Hall–Kier alpha value is -2.63. The second-order valence-corrected chi connectivity index (χ2v) is 6.27. The molecule has 0 radical (unpaired) electrons. The van der Waals surface area contributed by atoms with Crippen molar-refractivity contribution in [3.05, 3.63) is 65.2 Å². The minimum Gasteiger partial charge on any atom is -0.497 e. The highest BCUT2D eigenvalue weighted by atomic mass is 19.1. The Morgan fingerprint density at radius 1 is 1.15 bits per heavy atom. The molecule has 1 aliphatic carbocycles. The van der Waals surface area contributed by atoms with Gasteiger partial charge in [0.1, 0.15) is 17.4 Å². The molecule has 0 aliphatic heterocycles. The molecular formula is C20H23F2N3O. The molecular weight excluding hydrogens is 336 g/mol. The maximum atomic E-state index is 13.9. The Morgan fingerprint density at radius 2 is 1.85 bits per heavy atom. The van der Waals surface area contributed by atoms with Crippen molar-refractivity contribution in [2.24, 2.45) is 4.99 Å². The number of aliphatic imine (C=N–C) groups is 1. The van der Waals surface area contributed by atoms with E-state index in [4.69, 9.17) is 4.74 Å². The number of nitrogens with one attached hydrogen (secondary N) is 2. The average molecular weight is 359 g/mol. The third-order valence-electron chi connectivity index (χ3n) is 4.41. The van der Waals surface area contributed by atoms with Crippen LogP contribution < -0.4 is 15.4 Å². The fourth-order valence-electron chi connectivity index (χ4n) is 2.94. The Bertz CT molecular complexity index is 757. The first-order valence-electron chi connectivity index (χ1n) is 8.74. The Labute approximate surface area is 152 Å². The third kappa shape index (κ3) is 4.31. The molecule has 1 saturated carbocycles. The Kier molecular flexibility index (Phi) is 5.71. The normalized spacial score (nSPS) is 19.2. The first-order chi connectivity index (χ1) is 12.6. The summed E-state index contributed by atoms with van der Waals surface area (Å²) in [6.07, 6.45) is 0.685. The first-order valence-corrected chi connectivity index (χ1v) is 8.74. The molecule has 0 amide bonds. The maximum Gasteiger partial charge on any atom is 0.191 e. The van der Waals surface area contributed by atoms with Gasteiger partial charge in [-0.3, -0.25) is 0 Å². The van der Waals surface area contributed by atoms with Gasteiger partial charge in [-0.2, -0.15) is 0 Å². The van der Waals surface area contributed by atoms with Gasteiger partial charge in [0, 0.05) is 24.1 Å². The Balaban J connectivity index is 1.63. The van der Waals surface area contributed by atoms with Gasteiger partial charge in [-0.25, -0.2) is 13.8 Å². The van der Waals surface area contributed by atoms with Crippen LogP contribution in [-0.2, 0) is 6.54 Å². The molecule has 1 aliphatic rings. The van der Waals surface area contributed by atoms with Crippen molar-refractivity contribution < 1.29 is 13.5 Å². The zero-order valence-electron chi connectivity index (χ0n) is 14.9. The molecule has 0 heterocycles. The van der Waals surface area contributed by atoms with Crippen molar-refractivity contribution >= 4 is 5.96 Å². The van der Waals surface area contributed by atoms with E-state index < -0.39 is 11.6 Å². The van der Waals surface area contributed by atoms with Crippen molar-refractivity contribution in [3.63, 3.8) is 0 Å². The molecule has 1 fully saturated rings. The van der Waals surface area contributed by atoms with Crippen LogP contribution >= 0.6 is 0 Å². The lowest BCUT2D eigenvalue weighted by molar-refractivity contribution is 0.414. The van der Waals surface area contributed by atoms with Gasteiger partial charge >= 0.3 is 0 Å². The Morgan fingerprint density at radius 3 is 2.46 bits per heavy atom. The van der Waals surface area contributed by atoms with Gasteiger partial charge in [-0.1, -0.05) is 18.2 Å². The molecule has 0 spiro atoms. The van der Waals surface area contributed by atoms with Crippen LogP contribution in [0.4, 0.5) is 8.78 Å². The van der Waals surface area contributed by atoms with Crippen LogP contribution in [0, 0.1) is 11.6 Å². The van der Waals surface area contributed by atoms with E-state index in [-0.39, 0.29) is 17.5 Å². The number of ether oxygens (including phenoxy) is 1. The van der Waals surface area contributed by atoms with E-state index in [1.165, 1.54) is 18.2 Å².